The Bertz CT molecular complexity index is 999. The Labute approximate surface area is 156 Å². The van der Waals surface area contributed by atoms with E-state index in [0.29, 0.717) is 11.4 Å². The molecule has 0 heterocycles. The molecule has 138 valence electrons. The van der Waals surface area contributed by atoms with Crippen LogP contribution in [0.2, 0.25) is 0 Å². The van der Waals surface area contributed by atoms with Crippen LogP contribution < -0.4 is 10.1 Å². The Hall–Kier alpha value is -3.54. The summed E-state index contributed by atoms with van der Waals surface area (Å²) in [6, 6.07) is 17.5. The number of hydrogen-bond acceptors (Lipinski definition) is 5. The number of anilines is 1. The highest BCUT2D eigenvalue weighted by Crippen LogP contribution is 2.24. The molecule has 1 atom stereocenters. The van der Waals surface area contributed by atoms with Gasteiger partial charge >= 0.3 is 5.97 Å². The number of esters is 1. The van der Waals surface area contributed by atoms with Crippen molar-refractivity contribution in [3.05, 3.63) is 66.2 Å². The van der Waals surface area contributed by atoms with Gasteiger partial charge in [0.1, 0.15) is 17.1 Å². The molecule has 3 aromatic rings. The number of carbonyl (C=O) groups excluding carboxylic acids is 2. The standard InChI is InChI=1S/C21H19NO5/c1-13(27-21(25)18-10-9-17(26-2)12-19(18)23)20(24)22-16-8-7-14-5-3-4-6-15(14)11-16/h3-13,23H,1-2H3,(H,22,24). The maximum Gasteiger partial charge on any atom is 0.342 e. The lowest BCUT2D eigenvalue weighted by atomic mass is 10.1. The molecule has 3 rings (SSSR count). The number of carbonyl (C=O) groups is 2. The first kappa shape index (κ1) is 18.3. The van der Waals surface area contributed by atoms with E-state index in [9.17, 15) is 14.7 Å². The average Bonchev–Trinajstić information content (AvgIpc) is 2.67. The summed E-state index contributed by atoms with van der Waals surface area (Å²) >= 11 is 0. The maximum atomic E-state index is 12.3. The number of fused-ring (bicyclic) bond motifs is 1. The van der Waals surface area contributed by atoms with E-state index in [4.69, 9.17) is 9.47 Å². The minimum absolute atomic E-state index is 0.0406. The number of rotatable bonds is 5. The van der Waals surface area contributed by atoms with Gasteiger partial charge in [-0.15, -0.1) is 0 Å². The highest BCUT2D eigenvalue weighted by atomic mass is 16.5. The van der Waals surface area contributed by atoms with Crippen LogP contribution in [0.3, 0.4) is 0 Å². The van der Waals surface area contributed by atoms with E-state index in [1.54, 1.807) is 6.07 Å². The lowest BCUT2D eigenvalue weighted by Gasteiger charge is -2.14. The Kier molecular flexibility index (Phi) is 5.26. The van der Waals surface area contributed by atoms with Gasteiger partial charge in [-0.1, -0.05) is 30.3 Å². The van der Waals surface area contributed by atoms with Crippen molar-refractivity contribution in [2.75, 3.05) is 12.4 Å². The molecular weight excluding hydrogens is 346 g/mol. The van der Waals surface area contributed by atoms with Crippen LogP contribution >= 0.6 is 0 Å². The number of amides is 1. The Morgan fingerprint density at radius 2 is 1.74 bits per heavy atom. The molecule has 6 nitrogen and oxygen atoms in total. The first-order chi connectivity index (χ1) is 13.0. The zero-order valence-corrected chi connectivity index (χ0v) is 14.9. The SMILES string of the molecule is COc1ccc(C(=O)OC(C)C(=O)Nc2ccc3ccccc3c2)c(O)c1. The Morgan fingerprint density at radius 3 is 2.44 bits per heavy atom. The van der Waals surface area contributed by atoms with Crippen LogP contribution in [0, 0.1) is 0 Å². The summed E-state index contributed by atoms with van der Waals surface area (Å²) in [4.78, 5) is 24.5. The van der Waals surface area contributed by atoms with Gasteiger partial charge in [-0.2, -0.15) is 0 Å². The molecule has 0 aliphatic carbocycles. The summed E-state index contributed by atoms with van der Waals surface area (Å²) in [5.41, 5.74) is 0.565. The first-order valence-corrected chi connectivity index (χ1v) is 8.35. The number of aromatic hydroxyl groups is 1. The van der Waals surface area contributed by atoms with Crippen molar-refractivity contribution in [2.45, 2.75) is 13.0 Å². The molecule has 0 spiro atoms. The van der Waals surface area contributed by atoms with Crippen molar-refractivity contribution in [3.8, 4) is 11.5 Å². The molecule has 0 aromatic heterocycles. The maximum absolute atomic E-state index is 12.3. The predicted octanol–water partition coefficient (Wildman–Crippen LogP) is 3.74. The van der Waals surface area contributed by atoms with E-state index >= 15 is 0 Å². The largest absolute Gasteiger partial charge is 0.507 e. The molecule has 0 saturated carbocycles. The van der Waals surface area contributed by atoms with Crippen molar-refractivity contribution < 1.29 is 24.2 Å². The summed E-state index contributed by atoms with van der Waals surface area (Å²) in [7, 11) is 1.45. The zero-order chi connectivity index (χ0) is 19.4. The topological polar surface area (TPSA) is 84.9 Å². The number of ether oxygens (including phenoxy) is 2. The van der Waals surface area contributed by atoms with E-state index in [0.717, 1.165) is 10.8 Å². The van der Waals surface area contributed by atoms with E-state index in [1.165, 1.54) is 32.2 Å². The summed E-state index contributed by atoms with van der Waals surface area (Å²) in [6.45, 7) is 1.47. The van der Waals surface area contributed by atoms with Crippen molar-refractivity contribution in [2.24, 2.45) is 0 Å². The molecule has 0 bridgehead atoms. The number of benzene rings is 3. The number of methoxy groups -OCH3 is 1. The fourth-order valence-electron chi connectivity index (χ4n) is 2.60. The van der Waals surface area contributed by atoms with E-state index in [2.05, 4.69) is 5.32 Å². The van der Waals surface area contributed by atoms with Crippen molar-refractivity contribution >= 4 is 28.3 Å². The number of nitrogens with one attached hydrogen (secondary N) is 1. The third-order valence-corrected chi connectivity index (χ3v) is 4.09. The van der Waals surface area contributed by atoms with E-state index in [1.807, 2.05) is 36.4 Å². The molecule has 3 aromatic carbocycles. The van der Waals surface area contributed by atoms with E-state index in [-0.39, 0.29) is 11.3 Å². The van der Waals surface area contributed by atoms with Crippen LogP contribution in [0.25, 0.3) is 10.8 Å². The van der Waals surface area contributed by atoms with Crippen LogP contribution in [0.5, 0.6) is 11.5 Å². The smallest absolute Gasteiger partial charge is 0.342 e. The fourth-order valence-corrected chi connectivity index (χ4v) is 2.60. The molecule has 2 N–H and O–H groups in total. The minimum Gasteiger partial charge on any atom is -0.507 e. The van der Waals surface area contributed by atoms with Gasteiger partial charge in [0, 0.05) is 11.8 Å². The second-order valence-corrected chi connectivity index (χ2v) is 5.98. The molecule has 0 aliphatic rings. The van der Waals surface area contributed by atoms with Gasteiger partial charge in [0.15, 0.2) is 6.10 Å². The number of phenols is 1. The second kappa shape index (κ2) is 7.78. The molecule has 0 saturated heterocycles. The summed E-state index contributed by atoms with van der Waals surface area (Å²) in [5, 5.41) is 14.7. The minimum atomic E-state index is -1.04. The van der Waals surface area contributed by atoms with Crippen LogP contribution in [-0.4, -0.2) is 30.2 Å². The van der Waals surface area contributed by atoms with Gasteiger partial charge in [-0.25, -0.2) is 4.79 Å². The molecule has 0 aliphatic heterocycles. The van der Waals surface area contributed by atoms with Gasteiger partial charge in [-0.05, 0) is 42.0 Å². The zero-order valence-electron chi connectivity index (χ0n) is 14.9. The van der Waals surface area contributed by atoms with Crippen LogP contribution in [0.15, 0.2) is 60.7 Å². The molecule has 1 unspecified atom stereocenters. The molecule has 0 radical (unpaired) electrons. The van der Waals surface area contributed by atoms with E-state index < -0.39 is 18.0 Å². The van der Waals surface area contributed by atoms with Crippen molar-refractivity contribution in [3.63, 3.8) is 0 Å². The fraction of sp³-hybridized carbons (Fsp3) is 0.143. The van der Waals surface area contributed by atoms with Gasteiger partial charge < -0.3 is 19.9 Å². The Balaban J connectivity index is 1.66. The predicted molar refractivity (Wildman–Crippen MR) is 102 cm³/mol. The number of hydrogen-bond donors (Lipinski definition) is 2. The lowest BCUT2D eigenvalue weighted by molar-refractivity contribution is -0.123. The van der Waals surface area contributed by atoms with Crippen molar-refractivity contribution in [1.29, 1.82) is 0 Å². The van der Waals surface area contributed by atoms with Gasteiger partial charge in [0.25, 0.3) is 5.91 Å². The monoisotopic (exact) mass is 365 g/mol. The van der Waals surface area contributed by atoms with Crippen molar-refractivity contribution in [1.82, 2.24) is 0 Å². The molecule has 27 heavy (non-hydrogen) atoms. The summed E-state index contributed by atoms with van der Waals surface area (Å²) in [5.74, 6) is -1.13. The third-order valence-electron chi connectivity index (χ3n) is 4.09. The highest BCUT2D eigenvalue weighted by Gasteiger charge is 2.21. The van der Waals surface area contributed by atoms with Crippen LogP contribution in [-0.2, 0) is 9.53 Å². The molecule has 6 heteroatoms. The molecule has 1 amide bonds. The highest BCUT2D eigenvalue weighted by molar-refractivity contribution is 5.99. The normalized spacial score (nSPS) is 11.6. The first-order valence-electron chi connectivity index (χ1n) is 8.35. The third kappa shape index (κ3) is 4.17. The number of phenolic OH excluding ortho intramolecular Hbond substituents is 1. The second-order valence-electron chi connectivity index (χ2n) is 5.98. The Morgan fingerprint density at radius 1 is 1.00 bits per heavy atom. The summed E-state index contributed by atoms with van der Waals surface area (Å²) in [6.07, 6.45) is -1.04. The van der Waals surface area contributed by atoms with Crippen LogP contribution in [0.4, 0.5) is 5.69 Å². The average molecular weight is 365 g/mol. The van der Waals surface area contributed by atoms with Gasteiger partial charge in [-0.3, -0.25) is 4.79 Å². The summed E-state index contributed by atoms with van der Waals surface area (Å²) < 4.78 is 10.1. The quantitative estimate of drug-likeness (QED) is 0.673. The van der Waals surface area contributed by atoms with Crippen LogP contribution in [0.1, 0.15) is 17.3 Å². The molecule has 0 fully saturated rings. The van der Waals surface area contributed by atoms with Gasteiger partial charge in [0.05, 0.1) is 7.11 Å². The lowest BCUT2D eigenvalue weighted by Crippen LogP contribution is -2.30. The molecular formula is C21H19NO5. The van der Waals surface area contributed by atoms with Gasteiger partial charge in [0.2, 0.25) is 0 Å².